The van der Waals surface area contributed by atoms with Crippen LogP contribution in [0.2, 0.25) is 0 Å². The molecule has 2 atom stereocenters. The second-order valence-corrected chi connectivity index (χ2v) is 8.23. The van der Waals surface area contributed by atoms with Gasteiger partial charge in [0.2, 0.25) is 15.9 Å². The SMILES string of the molecule is CC1NNC(C)C1S(=O)(=O)N1CCC(Oc2cnccn2)CC1. The van der Waals surface area contributed by atoms with Crippen LogP contribution in [-0.4, -0.2) is 59.2 Å². The lowest BCUT2D eigenvalue weighted by atomic mass is 10.1. The van der Waals surface area contributed by atoms with Gasteiger partial charge in [-0.25, -0.2) is 17.7 Å². The fourth-order valence-corrected chi connectivity index (χ4v) is 5.50. The summed E-state index contributed by atoms with van der Waals surface area (Å²) in [6, 6.07) is -0.216. The summed E-state index contributed by atoms with van der Waals surface area (Å²) in [5.41, 5.74) is 6.02. The lowest BCUT2D eigenvalue weighted by Gasteiger charge is -2.34. The van der Waals surface area contributed by atoms with Crippen LogP contribution in [0, 0.1) is 0 Å². The first-order valence-corrected chi connectivity index (χ1v) is 9.41. The molecule has 0 aromatic carbocycles. The third kappa shape index (κ3) is 3.47. The molecule has 2 aliphatic heterocycles. The fraction of sp³-hybridized carbons (Fsp3) is 0.714. The molecule has 0 saturated carbocycles. The highest BCUT2D eigenvalue weighted by atomic mass is 32.2. The Balaban J connectivity index is 1.60. The van der Waals surface area contributed by atoms with Gasteiger partial charge in [0.05, 0.1) is 6.20 Å². The zero-order valence-corrected chi connectivity index (χ0v) is 14.2. The highest BCUT2D eigenvalue weighted by molar-refractivity contribution is 7.89. The molecule has 0 amide bonds. The van der Waals surface area contributed by atoms with Crippen LogP contribution in [0.5, 0.6) is 5.88 Å². The molecule has 0 bridgehead atoms. The van der Waals surface area contributed by atoms with E-state index in [4.69, 9.17) is 4.74 Å². The smallest absolute Gasteiger partial charge is 0.232 e. The minimum Gasteiger partial charge on any atom is -0.473 e. The molecule has 0 aliphatic carbocycles. The Morgan fingerprint density at radius 1 is 1.17 bits per heavy atom. The topological polar surface area (TPSA) is 96.5 Å². The Morgan fingerprint density at radius 2 is 1.83 bits per heavy atom. The Kier molecular flexibility index (Phi) is 4.81. The van der Waals surface area contributed by atoms with Crippen molar-refractivity contribution in [3.8, 4) is 5.88 Å². The predicted octanol–water partition coefficient (Wildman–Crippen LogP) is -0.0970. The number of nitrogens with zero attached hydrogens (tertiary/aromatic N) is 3. The minimum atomic E-state index is -3.33. The summed E-state index contributed by atoms with van der Waals surface area (Å²) in [6.45, 7) is 4.73. The van der Waals surface area contributed by atoms with Crippen molar-refractivity contribution in [1.82, 2.24) is 25.1 Å². The Morgan fingerprint density at radius 3 is 2.39 bits per heavy atom. The molecule has 23 heavy (non-hydrogen) atoms. The summed E-state index contributed by atoms with van der Waals surface area (Å²) in [5, 5.41) is -0.444. The van der Waals surface area contributed by atoms with Crippen LogP contribution in [-0.2, 0) is 10.0 Å². The molecule has 8 nitrogen and oxygen atoms in total. The highest BCUT2D eigenvalue weighted by Gasteiger charge is 2.44. The number of nitrogens with one attached hydrogen (secondary N) is 2. The van der Waals surface area contributed by atoms with Gasteiger partial charge in [-0.3, -0.25) is 15.8 Å². The summed E-state index contributed by atoms with van der Waals surface area (Å²) in [5.74, 6) is 0.486. The number of hydrogen-bond donors (Lipinski definition) is 2. The molecule has 3 rings (SSSR count). The molecular formula is C14H23N5O3S. The molecule has 2 unspecified atom stereocenters. The van der Waals surface area contributed by atoms with Gasteiger partial charge in [0.15, 0.2) is 0 Å². The van der Waals surface area contributed by atoms with Crippen molar-refractivity contribution >= 4 is 10.0 Å². The number of rotatable bonds is 4. The lowest BCUT2D eigenvalue weighted by molar-refractivity contribution is 0.129. The molecule has 2 aliphatic rings. The van der Waals surface area contributed by atoms with Crippen molar-refractivity contribution in [3.05, 3.63) is 18.6 Å². The maximum absolute atomic E-state index is 12.9. The van der Waals surface area contributed by atoms with E-state index >= 15 is 0 Å². The first-order valence-electron chi connectivity index (χ1n) is 7.91. The summed E-state index contributed by atoms with van der Waals surface area (Å²) >= 11 is 0. The van der Waals surface area contributed by atoms with Gasteiger partial charge in [-0.2, -0.15) is 0 Å². The van der Waals surface area contributed by atoms with E-state index in [1.165, 1.54) is 0 Å². The standard InChI is InChI=1S/C14H23N5O3S/c1-10-14(11(2)18-17-10)23(20,21)19-7-3-12(4-8-19)22-13-9-15-5-6-16-13/h5-6,9-12,14,17-18H,3-4,7-8H2,1-2H3. The van der Waals surface area contributed by atoms with Crippen molar-refractivity contribution in [2.24, 2.45) is 0 Å². The van der Waals surface area contributed by atoms with Gasteiger partial charge in [-0.1, -0.05) is 0 Å². The van der Waals surface area contributed by atoms with E-state index in [1.54, 1.807) is 22.9 Å². The van der Waals surface area contributed by atoms with E-state index in [2.05, 4.69) is 20.8 Å². The van der Waals surface area contributed by atoms with Crippen LogP contribution in [0.15, 0.2) is 18.6 Å². The molecule has 3 heterocycles. The summed E-state index contributed by atoms with van der Waals surface area (Å²) < 4.78 is 33.1. The molecule has 2 saturated heterocycles. The van der Waals surface area contributed by atoms with Crippen molar-refractivity contribution in [3.63, 3.8) is 0 Å². The molecule has 0 spiro atoms. The number of hydrazine groups is 1. The third-order valence-electron chi connectivity index (χ3n) is 4.46. The van der Waals surface area contributed by atoms with Gasteiger partial charge in [-0.15, -0.1) is 0 Å². The van der Waals surface area contributed by atoms with E-state index in [0.29, 0.717) is 31.8 Å². The average molecular weight is 341 g/mol. The normalized spacial score (nSPS) is 30.4. The van der Waals surface area contributed by atoms with Gasteiger partial charge >= 0.3 is 0 Å². The maximum Gasteiger partial charge on any atom is 0.232 e. The monoisotopic (exact) mass is 341 g/mol. The molecule has 128 valence electrons. The summed E-state index contributed by atoms with van der Waals surface area (Å²) in [6.07, 6.45) is 6.04. The molecule has 0 radical (unpaired) electrons. The maximum atomic E-state index is 12.9. The van der Waals surface area contributed by atoms with Crippen LogP contribution < -0.4 is 15.6 Å². The number of ether oxygens (including phenoxy) is 1. The van der Waals surface area contributed by atoms with Crippen LogP contribution >= 0.6 is 0 Å². The summed E-state index contributed by atoms with van der Waals surface area (Å²) in [4.78, 5) is 8.06. The predicted molar refractivity (Wildman–Crippen MR) is 85.2 cm³/mol. The number of hydrogen-bond acceptors (Lipinski definition) is 7. The fourth-order valence-electron chi connectivity index (χ4n) is 3.27. The molecular weight excluding hydrogens is 318 g/mol. The van der Waals surface area contributed by atoms with Gasteiger partial charge in [0.25, 0.3) is 0 Å². The van der Waals surface area contributed by atoms with E-state index in [0.717, 1.165) is 0 Å². The van der Waals surface area contributed by atoms with Crippen molar-refractivity contribution in [2.75, 3.05) is 13.1 Å². The van der Waals surface area contributed by atoms with Crippen molar-refractivity contribution in [2.45, 2.75) is 50.1 Å². The average Bonchev–Trinajstić information content (AvgIpc) is 2.88. The van der Waals surface area contributed by atoms with Gasteiger partial charge in [0, 0.05) is 37.6 Å². The molecule has 2 N–H and O–H groups in total. The number of sulfonamides is 1. The summed E-state index contributed by atoms with van der Waals surface area (Å²) in [7, 11) is -3.33. The first-order chi connectivity index (χ1) is 11.0. The highest BCUT2D eigenvalue weighted by Crippen LogP contribution is 2.24. The van der Waals surface area contributed by atoms with E-state index in [1.807, 2.05) is 13.8 Å². The van der Waals surface area contributed by atoms with E-state index in [9.17, 15) is 8.42 Å². The Labute approximate surface area is 136 Å². The number of piperidine rings is 1. The molecule has 2 fully saturated rings. The largest absolute Gasteiger partial charge is 0.473 e. The quantitative estimate of drug-likeness (QED) is 0.789. The third-order valence-corrected chi connectivity index (χ3v) is 7.05. The minimum absolute atomic E-state index is 0.0205. The van der Waals surface area contributed by atoms with Gasteiger partial charge in [0.1, 0.15) is 11.4 Å². The van der Waals surface area contributed by atoms with Crippen LogP contribution in [0.3, 0.4) is 0 Å². The van der Waals surface area contributed by atoms with E-state index in [-0.39, 0.29) is 18.2 Å². The Bertz CT molecular complexity index is 609. The van der Waals surface area contributed by atoms with Gasteiger partial charge in [-0.05, 0) is 26.7 Å². The van der Waals surface area contributed by atoms with Crippen LogP contribution in [0.25, 0.3) is 0 Å². The lowest BCUT2D eigenvalue weighted by Crippen LogP contribution is -2.50. The molecule has 1 aromatic heterocycles. The second kappa shape index (κ2) is 6.68. The van der Waals surface area contributed by atoms with Crippen LogP contribution in [0.1, 0.15) is 26.7 Å². The van der Waals surface area contributed by atoms with Crippen molar-refractivity contribution in [1.29, 1.82) is 0 Å². The Hall–Kier alpha value is -1.29. The number of aromatic nitrogens is 2. The first kappa shape index (κ1) is 16.6. The molecule has 1 aromatic rings. The van der Waals surface area contributed by atoms with Crippen LogP contribution in [0.4, 0.5) is 0 Å². The zero-order chi connectivity index (χ0) is 16.4. The van der Waals surface area contributed by atoms with Gasteiger partial charge < -0.3 is 4.74 Å². The van der Waals surface area contributed by atoms with Crippen molar-refractivity contribution < 1.29 is 13.2 Å². The second-order valence-electron chi connectivity index (χ2n) is 6.14. The van der Waals surface area contributed by atoms with E-state index < -0.39 is 15.3 Å². The zero-order valence-electron chi connectivity index (χ0n) is 13.3. The molecule has 9 heteroatoms.